The van der Waals surface area contributed by atoms with Gasteiger partial charge in [0.2, 0.25) is 5.91 Å². The van der Waals surface area contributed by atoms with E-state index in [0.29, 0.717) is 0 Å². The second-order valence-electron chi connectivity index (χ2n) is 4.34. The molecule has 1 aliphatic heterocycles. The number of nitrogens with zero attached hydrogens (tertiary/aromatic N) is 1. The minimum absolute atomic E-state index is 0.0445. The summed E-state index contributed by atoms with van der Waals surface area (Å²) in [5.74, 6) is 2.46. The first kappa shape index (κ1) is 10.8. The van der Waals surface area contributed by atoms with E-state index in [1.165, 1.54) is 0 Å². The molecule has 1 saturated carbocycles. The van der Waals surface area contributed by atoms with Crippen LogP contribution in [0.15, 0.2) is 0 Å². The van der Waals surface area contributed by atoms with E-state index in [1.54, 1.807) is 0 Å². The first-order valence-electron chi connectivity index (χ1n) is 5.59. The number of carbonyl (C=O) groups is 1. The van der Waals surface area contributed by atoms with Gasteiger partial charge in [-0.1, -0.05) is 0 Å². The molecule has 2 aliphatic rings. The lowest BCUT2D eigenvalue weighted by molar-refractivity contribution is -0.125. The average Bonchev–Trinajstić information content (AvgIpc) is 2.87. The van der Waals surface area contributed by atoms with Crippen molar-refractivity contribution in [1.82, 2.24) is 5.32 Å². The Morgan fingerprint density at radius 3 is 2.93 bits per heavy atom. The third-order valence-electron chi connectivity index (χ3n) is 3.31. The van der Waals surface area contributed by atoms with E-state index in [4.69, 9.17) is 5.26 Å². The van der Waals surface area contributed by atoms with Crippen molar-refractivity contribution in [1.29, 1.82) is 5.26 Å². The minimum Gasteiger partial charge on any atom is -0.352 e. The van der Waals surface area contributed by atoms with Crippen LogP contribution in [0.25, 0.3) is 0 Å². The number of hydrogen-bond donors (Lipinski definition) is 1. The Kier molecular flexibility index (Phi) is 3.53. The molecule has 0 aromatic rings. The quantitative estimate of drug-likeness (QED) is 0.774. The number of thioether (sulfide) groups is 1. The van der Waals surface area contributed by atoms with Gasteiger partial charge in [0.05, 0.1) is 12.0 Å². The largest absolute Gasteiger partial charge is 0.352 e. The van der Waals surface area contributed by atoms with Gasteiger partial charge in [0.15, 0.2) is 0 Å². The van der Waals surface area contributed by atoms with E-state index in [1.807, 2.05) is 11.8 Å². The summed E-state index contributed by atoms with van der Waals surface area (Å²) in [5.41, 5.74) is 0. The molecule has 0 spiro atoms. The Morgan fingerprint density at radius 2 is 2.27 bits per heavy atom. The van der Waals surface area contributed by atoms with E-state index < -0.39 is 0 Å². The van der Waals surface area contributed by atoms with Gasteiger partial charge in [0.25, 0.3) is 0 Å². The molecule has 1 saturated heterocycles. The van der Waals surface area contributed by atoms with E-state index in [2.05, 4.69) is 11.4 Å². The van der Waals surface area contributed by atoms with Crippen LogP contribution in [0.4, 0.5) is 0 Å². The van der Waals surface area contributed by atoms with Gasteiger partial charge in [-0.3, -0.25) is 4.79 Å². The van der Waals surface area contributed by atoms with Crippen molar-refractivity contribution in [2.24, 2.45) is 11.8 Å². The zero-order valence-electron chi connectivity index (χ0n) is 8.74. The molecule has 0 aromatic carbocycles. The van der Waals surface area contributed by atoms with E-state index in [9.17, 15) is 4.79 Å². The van der Waals surface area contributed by atoms with Crippen LogP contribution in [0.5, 0.6) is 0 Å². The number of nitriles is 1. The third kappa shape index (κ3) is 2.46. The molecule has 0 bridgehead atoms. The van der Waals surface area contributed by atoms with Gasteiger partial charge in [-0.25, -0.2) is 0 Å². The highest BCUT2D eigenvalue weighted by Crippen LogP contribution is 2.27. The lowest BCUT2D eigenvalue weighted by Gasteiger charge is -2.18. The van der Waals surface area contributed by atoms with Gasteiger partial charge in [0.1, 0.15) is 0 Å². The molecule has 1 N–H and O–H groups in total. The van der Waals surface area contributed by atoms with Crippen molar-refractivity contribution >= 4 is 17.7 Å². The van der Waals surface area contributed by atoms with Crippen LogP contribution in [-0.4, -0.2) is 23.5 Å². The number of hydrogen-bond acceptors (Lipinski definition) is 3. The van der Waals surface area contributed by atoms with Crippen molar-refractivity contribution in [3.63, 3.8) is 0 Å². The molecule has 2 fully saturated rings. The zero-order chi connectivity index (χ0) is 10.7. The minimum atomic E-state index is 0.0445. The van der Waals surface area contributed by atoms with Gasteiger partial charge in [-0.15, -0.1) is 0 Å². The van der Waals surface area contributed by atoms with Crippen LogP contribution in [0.2, 0.25) is 0 Å². The van der Waals surface area contributed by atoms with Crippen LogP contribution in [0.3, 0.4) is 0 Å². The summed E-state index contributed by atoms with van der Waals surface area (Å²) in [6.45, 7) is 0. The Labute approximate surface area is 94.6 Å². The maximum Gasteiger partial charge on any atom is 0.224 e. The van der Waals surface area contributed by atoms with Crippen LogP contribution in [0, 0.1) is 23.2 Å². The molecule has 15 heavy (non-hydrogen) atoms. The highest BCUT2D eigenvalue weighted by molar-refractivity contribution is 7.99. The van der Waals surface area contributed by atoms with E-state index in [0.717, 1.165) is 37.2 Å². The molecule has 1 aliphatic carbocycles. The third-order valence-corrected chi connectivity index (χ3v) is 4.47. The van der Waals surface area contributed by atoms with Crippen molar-refractivity contribution in [3.05, 3.63) is 0 Å². The molecular weight excluding hydrogens is 208 g/mol. The van der Waals surface area contributed by atoms with Crippen molar-refractivity contribution in [3.8, 4) is 6.07 Å². The van der Waals surface area contributed by atoms with Gasteiger partial charge in [0, 0.05) is 17.7 Å². The van der Waals surface area contributed by atoms with Gasteiger partial charge in [-0.05, 0) is 31.4 Å². The number of amides is 1. The molecule has 2 rings (SSSR count). The SMILES string of the molecule is N#CC1CCCC1NC(=O)C1CCSC1. The normalized spacial score (nSPS) is 35.0. The second kappa shape index (κ2) is 4.89. The molecule has 0 radical (unpaired) electrons. The fraction of sp³-hybridized carbons (Fsp3) is 0.818. The zero-order valence-corrected chi connectivity index (χ0v) is 9.55. The predicted molar refractivity (Wildman–Crippen MR) is 60.3 cm³/mol. The Bertz CT molecular complexity index is 281. The average molecular weight is 224 g/mol. The van der Waals surface area contributed by atoms with Crippen molar-refractivity contribution < 1.29 is 4.79 Å². The van der Waals surface area contributed by atoms with Crippen LogP contribution in [-0.2, 0) is 4.79 Å². The first-order valence-corrected chi connectivity index (χ1v) is 6.74. The fourth-order valence-electron chi connectivity index (χ4n) is 2.33. The number of carbonyl (C=O) groups excluding carboxylic acids is 1. The lowest BCUT2D eigenvalue weighted by atomic mass is 10.0. The molecule has 3 nitrogen and oxygen atoms in total. The van der Waals surface area contributed by atoms with Gasteiger partial charge in [-0.2, -0.15) is 17.0 Å². The summed E-state index contributed by atoms with van der Waals surface area (Å²) in [6.07, 6.45) is 3.99. The van der Waals surface area contributed by atoms with Crippen LogP contribution >= 0.6 is 11.8 Å². The molecule has 3 unspecified atom stereocenters. The summed E-state index contributed by atoms with van der Waals surface area (Å²) in [5, 5.41) is 12.0. The fourth-order valence-corrected chi connectivity index (χ4v) is 3.55. The Balaban J connectivity index is 1.85. The lowest BCUT2D eigenvalue weighted by Crippen LogP contribution is -2.40. The van der Waals surface area contributed by atoms with Crippen LogP contribution < -0.4 is 5.32 Å². The van der Waals surface area contributed by atoms with Gasteiger partial charge >= 0.3 is 0 Å². The van der Waals surface area contributed by atoms with E-state index in [-0.39, 0.29) is 23.8 Å². The number of nitrogens with one attached hydrogen (secondary N) is 1. The second-order valence-corrected chi connectivity index (χ2v) is 5.49. The topological polar surface area (TPSA) is 52.9 Å². The smallest absolute Gasteiger partial charge is 0.224 e. The molecule has 3 atom stereocenters. The summed E-state index contributed by atoms with van der Waals surface area (Å²) in [7, 11) is 0. The van der Waals surface area contributed by atoms with E-state index >= 15 is 0 Å². The maximum atomic E-state index is 11.8. The van der Waals surface area contributed by atoms with Crippen molar-refractivity contribution in [2.75, 3.05) is 11.5 Å². The summed E-state index contributed by atoms with van der Waals surface area (Å²) >= 11 is 1.85. The molecular formula is C11H16N2OS. The molecule has 82 valence electrons. The monoisotopic (exact) mass is 224 g/mol. The Hall–Kier alpha value is -0.690. The molecule has 1 amide bonds. The highest BCUT2D eigenvalue weighted by atomic mass is 32.2. The number of rotatable bonds is 2. The summed E-state index contributed by atoms with van der Waals surface area (Å²) in [4.78, 5) is 11.8. The standard InChI is InChI=1S/C11H16N2OS/c12-6-8-2-1-3-10(8)13-11(14)9-4-5-15-7-9/h8-10H,1-5,7H2,(H,13,14). The highest BCUT2D eigenvalue weighted by Gasteiger charge is 2.31. The van der Waals surface area contributed by atoms with Crippen LogP contribution in [0.1, 0.15) is 25.7 Å². The molecule has 4 heteroatoms. The summed E-state index contributed by atoms with van der Waals surface area (Å²) in [6, 6.07) is 2.41. The summed E-state index contributed by atoms with van der Waals surface area (Å²) < 4.78 is 0. The van der Waals surface area contributed by atoms with Crippen molar-refractivity contribution in [2.45, 2.75) is 31.7 Å². The van der Waals surface area contributed by atoms with Gasteiger partial charge < -0.3 is 5.32 Å². The molecule has 0 aromatic heterocycles. The predicted octanol–water partition coefficient (Wildman–Crippen LogP) is 1.55. The molecule has 1 heterocycles. The maximum absolute atomic E-state index is 11.8. The Morgan fingerprint density at radius 1 is 1.40 bits per heavy atom. The first-order chi connectivity index (χ1) is 7.31.